The number of aromatic nitrogens is 1. The number of aromatic hydroxyl groups is 1. The molecule has 0 saturated carbocycles. The average molecular weight is 468 g/mol. The van der Waals surface area contributed by atoms with Gasteiger partial charge >= 0.3 is 12.1 Å². The van der Waals surface area contributed by atoms with Gasteiger partial charge in [0.05, 0.1) is 12.1 Å². The first-order chi connectivity index (χ1) is 15.4. The molecule has 2 aromatic rings. The molecule has 2 rings (SSSR count). The minimum absolute atomic E-state index is 0.118. The van der Waals surface area contributed by atoms with Crippen LogP contribution in [0.15, 0.2) is 29.1 Å². The molecule has 10 heteroatoms. The summed E-state index contributed by atoms with van der Waals surface area (Å²) in [7, 11) is 0. The third kappa shape index (κ3) is 5.94. The summed E-state index contributed by atoms with van der Waals surface area (Å²) >= 11 is 0. The highest BCUT2D eigenvalue weighted by Crippen LogP contribution is 2.33. The summed E-state index contributed by atoms with van der Waals surface area (Å²) in [4.78, 5) is 36.6. The van der Waals surface area contributed by atoms with Crippen LogP contribution in [-0.4, -0.2) is 33.2 Å². The minimum Gasteiger partial charge on any atom is -0.507 e. The first kappa shape index (κ1) is 26.0. The van der Waals surface area contributed by atoms with E-state index in [-0.39, 0.29) is 12.5 Å². The SMILES string of the molecule is CCCC(CC)c1c(C)c(O)c(C(=O)NCC(=O)O)c(=O)n1Cc1ccc(C(F)(F)F)cc1. The van der Waals surface area contributed by atoms with Crippen molar-refractivity contribution in [1.29, 1.82) is 0 Å². The van der Waals surface area contributed by atoms with E-state index < -0.39 is 47.0 Å². The van der Waals surface area contributed by atoms with Crippen LogP contribution in [-0.2, 0) is 17.5 Å². The van der Waals surface area contributed by atoms with Crippen molar-refractivity contribution in [3.8, 4) is 5.75 Å². The van der Waals surface area contributed by atoms with Crippen molar-refractivity contribution < 1.29 is 33.0 Å². The van der Waals surface area contributed by atoms with Crippen LogP contribution in [0, 0.1) is 6.92 Å². The topological polar surface area (TPSA) is 109 Å². The van der Waals surface area contributed by atoms with Gasteiger partial charge in [0.1, 0.15) is 17.9 Å². The summed E-state index contributed by atoms with van der Waals surface area (Å²) in [5, 5.41) is 21.5. The molecular formula is C23H27F3N2O5. The molecule has 0 fully saturated rings. The lowest BCUT2D eigenvalue weighted by atomic mass is 9.91. The molecule has 33 heavy (non-hydrogen) atoms. The van der Waals surface area contributed by atoms with E-state index in [2.05, 4.69) is 5.32 Å². The number of rotatable bonds is 9. The highest BCUT2D eigenvalue weighted by molar-refractivity contribution is 5.98. The quantitative estimate of drug-likeness (QED) is 0.515. The molecule has 7 nitrogen and oxygen atoms in total. The van der Waals surface area contributed by atoms with Crippen LogP contribution in [0.4, 0.5) is 13.2 Å². The number of carbonyl (C=O) groups excluding carboxylic acids is 1. The van der Waals surface area contributed by atoms with Crippen LogP contribution in [0.2, 0.25) is 0 Å². The molecule has 0 saturated heterocycles. The number of alkyl halides is 3. The second-order valence-corrected chi connectivity index (χ2v) is 7.79. The average Bonchev–Trinajstić information content (AvgIpc) is 2.75. The van der Waals surface area contributed by atoms with Gasteiger partial charge in [0.15, 0.2) is 0 Å². The van der Waals surface area contributed by atoms with Crippen molar-refractivity contribution in [1.82, 2.24) is 9.88 Å². The Morgan fingerprint density at radius 2 is 1.76 bits per heavy atom. The zero-order valence-corrected chi connectivity index (χ0v) is 18.6. The van der Waals surface area contributed by atoms with E-state index in [4.69, 9.17) is 5.11 Å². The molecule has 1 amide bonds. The van der Waals surface area contributed by atoms with Crippen molar-refractivity contribution in [3.63, 3.8) is 0 Å². The first-order valence-corrected chi connectivity index (χ1v) is 10.5. The smallest absolute Gasteiger partial charge is 0.416 e. The van der Waals surface area contributed by atoms with E-state index in [1.807, 2.05) is 13.8 Å². The third-order valence-corrected chi connectivity index (χ3v) is 5.49. The zero-order chi connectivity index (χ0) is 24.9. The Labute approximate surface area is 188 Å². The summed E-state index contributed by atoms with van der Waals surface area (Å²) in [6.07, 6.45) is -2.40. The predicted octanol–water partition coefficient (Wildman–Crippen LogP) is 4.04. The van der Waals surface area contributed by atoms with Crippen molar-refractivity contribution >= 4 is 11.9 Å². The zero-order valence-electron chi connectivity index (χ0n) is 18.6. The van der Waals surface area contributed by atoms with E-state index in [0.717, 1.165) is 18.6 Å². The molecule has 0 aliphatic heterocycles. The summed E-state index contributed by atoms with van der Waals surface area (Å²) in [6, 6.07) is 4.34. The Morgan fingerprint density at radius 3 is 2.24 bits per heavy atom. The molecule has 1 aromatic carbocycles. The highest BCUT2D eigenvalue weighted by atomic mass is 19.4. The Hall–Kier alpha value is -3.30. The number of amides is 1. The first-order valence-electron chi connectivity index (χ1n) is 10.5. The second kappa shape index (κ2) is 10.5. The molecule has 0 aliphatic carbocycles. The standard InChI is InChI=1S/C23H27F3N2O5/c1-4-6-15(5-2)19-13(3)20(31)18(21(32)27-11-17(29)30)22(33)28(19)12-14-7-9-16(10-8-14)23(24,25)26/h7-10,15,31H,4-6,11-12H2,1-3H3,(H,27,32)(H,29,30). The summed E-state index contributed by atoms with van der Waals surface area (Å²) < 4.78 is 40.0. The highest BCUT2D eigenvalue weighted by Gasteiger charge is 2.30. The molecule has 0 aliphatic rings. The second-order valence-electron chi connectivity index (χ2n) is 7.79. The molecule has 0 bridgehead atoms. The number of carboxylic acid groups (broad SMARTS) is 1. The molecule has 3 N–H and O–H groups in total. The van der Waals surface area contributed by atoms with Gasteiger partial charge in [-0.25, -0.2) is 0 Å². The number of hydrogen-bond acceptors (Lipinski definition) is 4. The van der Waals surface area contributed by atoms with Crippen LogP contribution >= 0.6 is 0 Å². The molecule has 0 spiro atoms. The van der Waals surface area contributed by atoms with Crippen molar-refractivity contribution in [3.05, 3.63) is 62.6 Å². The van der Waals surface area contributed by atoms with Gasteiger partial charge < -0.3 is 20.1 Å². The Kier molecular flexibility index (Phi) is 8.29. The largest absolute Gasteiger partial charge is 0.507 e. The molecular weight excluding hydrogens is 441 g/mol. The molecule has 1 unspecified atom stereocenters. The lowest BCUT2D eigenvalue weighted by Crippen LogP contribution is -2.37. The fourth-order valence-corrected chi connectivity index (χ4v) is 3.85. The number of benzene rings is 1. The fourth-order valence-electron chi connectivity index (χ4n) is 3.85. The van der Waals surface area contributed by atoms with E-state index >= 15 is 0 Å². The van der Waals surface area contributed by atoms with Gasteiger partial charge in [0.25, 0.3) is 11.5 Å². The van der Waals surface area contributed by atoms with Crippen LogP contribution in [0.3, 0.4) is 0 Å². The maximum Gasteiger partial charge on any atom is 0.416 e. The van der Waals surface area contributed by atoms with Gasteiger partial charge in [-0.05, 0) is 43.4 Å². The van der Waals surface area contributed by atoms with Crippen LogP contribution in [0.1, 0.15) is 71.8 Å². The predicted molar refractivity (Wildman–Crippen MR) is 116 cm³/mol. The van der Waals surface area contributed by atoms with Gasteiger partial charge in [-0.1, -0.05) is 32.4 Å². The van der Waals surface area contributed by atoms with Crippen molar-refractivity contribution in [2.24, 2.45) is 0 Å². The summed E-state index contributed by atoms with van der Waals surface area (Å²) in [6.45, 7) is 4.57. The number of carboxylic acids is 1. The summed E-state index contributed by atoms with van der Waals surface area (Å²) in [5.41, 5.74) is -1.08. The molecule has 1 aromatic heterocycles. The minimum atomic E-state index is -4.50. The van der Waals surface area contributed by atoms with E-state index in [1.54, 1.807) is 6.92 Å². The summed E-state index contributed by atoms with van der Waals surface area (Å²) in [5.74, 6) is -3.04. The van der Waals surface area contributed by atoms with Gasteiger partial charge in [-0.15, -0.1) is 0 Å². The Bertz CT molecular complexity index is 1080. The Balaban J connectivity index is 2.67. The van der Waals surface area contributed by atoms with Gasteiger partial charge in [0.2, 0.25) is 0 Å². The van der Waals surface area contributed by atoms with E-state index in [9.17, 15) is 32.7 Å². The normalized spacial score (nSPS) is 12.4. The van der Waals surface area contributed by atoms with Gasteiger partial charge in [-0.3, -0.25) is 14.4 Å². The number of pyridine rings is 1. The van der Waals surface area contributed by atoms with Gasteiger partial charge in [0, 0.05) is 11.3 Å². The number of hydrogen-bond donors (Lipinski definition) is 3. The van der Waals surface area contributed by atoms with E-state index in [1.165, 1.54) is 16.7 Å². The van der Waals surface area contributed by atoms with Crippen LogP contribution < -0.4 is 10.9 Å². The lowest BCUT2D eigenvalue weighted by Gasteiger charge is -2.25. The third-order valence-electron chi connectivity index (χ3n) is 5.49. The maximum absolute atomic E-state index is 13.3. The number of nitrogens with zero attached hydrogens (tertiary/aromatic N) is 1. The maximum atomic E-state index is 13.3. The molecule has 0 radical (unpaired) electrons. The fraction of sp³-hybridized carbons (Fsp3) is 0.435. The number of aliphatic carboxylic acids is 1. The monoisotopic (exact) mass is 468 g/mol. The van der Waals surface area contributed by atoms with Crippen LogP contribution in [0.25, 0.3) is 0 Å². The Morgan fingerprint density at radius 1 is 1.15 bits per heavy atom. The number of nitrogens with one attached hydrogen (secondary N) is 1. The number of carbonyl (C=O) groups is 2. The van der Waals surface area contributed by atoms with Crippen molar-refractivity contribution in [2.45, 2.75) is 58.7 Å². The van der Waals surface area contributed by atoms with Crippen LogP contribution in [0.5, 0.6) is 5.75 Å². The lowest BCUT2D eigenvalue weighted by molar-refractivity contribution is -0.138. The van der Waals surface area contributed by atoms with Gasteiger partial charge in [-0.2, -0.15) is 13.2 Å². The van der Waals surface area contributed by atoms with E-state index in [0.29, 0.717) is 29.7 Å². The molecule has 1 atom stereocenters. The number of halogens is 3. The molecule has 1 heterocycles. The molecule has 180 valence electrons. The van der Waals surface area contributed by atoms with Crippen molar-refractivity contribution in [2.75, 3.05) is 6.54 Å².